The van der Waals surface area contributed by atoms with Crippen LogP contribution >= 0.6 is 11.3 Å². The SMILES string of the molecule is COCCCN(C)Cc1ccc(CN)s1. The zero-order valence-electron chi connectivity index (χ0n) is 9.53. The summed E-state index contributed by atoms with van der Waals surface area (Å²) < 4.78 is 5.02. The smallest absolute Gasteiger partial charge is 0.0474 e. The van der Waals surface area contributed by atoms with E-state index in [1.807, 2.05) is 0 Å². The van der Waals surface area contributed by atoms with Crippen molar-refractivity contribution in [1.82, 2.24) is 4.90 Å². The summed E-state index contributed by atoms with van der Waals surface area (Å²) in [5.74, 6) is 0. The average molecular weight is 228 g/mol. The lowest BCUT2D eigenvalue weighted by Gasteiger charge is -2.14. The van der Waals surface area contributed by atoms with Gasteiger partial charge in [-0.25, -0.2) is 0 Å². The monoisotopic (exact) mass is 228 g/mol. The van der Waals surface area contributed by atoms with Gasteiger partial charge in [-0.15, -0.1) is 11.3 Å². The van der Waals surface area contributed by atoms with Crippen molar-refractivity contribution < 1.29 is 4.74 Å². The van der Waals surface area contributed by atoms with Gasteiger partial charge in [0.2, 0.25) is 0 Å². The van der Waals surface area contributed by atoms with E-state index in [1.165, 1.54) is 9.75 Å². The molecule has 0 amide bonds. The molecule has 86 valence electrons. The number of methoxy groups -OCH3 is 1. The van der Waals surface area contributed by atoms with Crippen molar-refractivity contribution in [2.45, 2.75) is 19.5 Å². The lowest BCUT2D eigenvalue weighted by atomic mass is 10.3. The third-order valence-corrected chi connectivity index (χ3v) is 3.32. The van der Waals surface area contributed by atoms with Gasteiger partial charge in [0.25, 0.3) is 0 Å². The second kappa shape index (κ2) is 6.95. The van der Waals surface area contributed by atoms with Crippen molar-refractivity contribution >= 4 is 11.3 Å². The Balaban J connectivity index is 2.27. The number of hydrogen-bond acceptors (Lipinski definition) is 4. The summed E-state index contributed by atoms with van der Waals surface area (Å²) >= 11 is 1.80. The van der Waals surface area contributed by atoms with Crippen LogP contribution in [-0.4, -0.2) is 32.2 Å². The first-order valence-corrected chi connectivity index (χ1v) is 6.03. The van der Waals surface area contributed by atoms with Crippen molar-refractivity contribution in [3.05, 3.63) is 21.9 Å². The number of thiophene rings is 1. The van der Waals surface area contributed by atoms with Gasteiger partial charge >= 0.3 is 0 Å². The average Bonchev–Trinajstić information content (AvgIpc) is 2.66. The molecule has 0 aliphatic heterocycles. The normalized spacial score (nSPS) is 11.2. The van der Waals surface area contributed by atoms with Crippen LogP contribution in [0.3, 0.4) is 0 Å². The maximum absolute atomic E-state index is 5.57. The molecule has 1 rings (SSSR count). The van der Waals surface area contributed by atoms with E-state index in [0.717, 1.165) is 26.1 Å². The van der Waals surface area contributed by atoms with Crippen LogP contribution in [0.1, 0.15) is 16.2 Å². The molecule has 0 aliphatic carbocycles. The molecule has 0 atom stereocenters. The molecule has 0 aromatic carbocycles. The number of nitrogens with two attached hydrogens (primary N) is 1. The zero-order valence-corrected chi connectivity index (χ0v) is 10.3. The first-order valence-electron chi connectivity index (χ1n) is 5.21. The van der Waals surface area contributed by atoms with Crippen molar-refractivity contribution in [2.24, 2.45) is 5.73 Å². The molecule has 1 heterocycles. The van der Waals surface area contributed by atoms with Crippen LogP contribution in [0.5, 0.6) is 0 Å². The largest absolute Gasteiger partial charge is 0.385 e. The van der Waals surface area contributed by atoms with Gasteiger partial charge in [-0.2, -0.15) is 0 Å². The Bertz CT molecular complexity index is 275. The first-order chi connectivity index (χ1) is 7.26. The van der Waals surface area contributed by atoms with E-state index in [0.29, 0.717) is 6.54 Å². The molecule has 3 nitrogen and oxygen atoms in total. The lowest BCUT2D eigenvalue weighted by molar-refractivity contribution is 0.178. The molecule has 1 aromatic heterocycles. The van der Waals surface area contributed by atoms with E-state index in [-0.39, 0.29) is 0 Å². The van der Waals surface area contributed by atoms with Crippen LogP contribution in [0.25, 0.3) is 0 Å². The summed E-state index contributed by atoms with van der Waals surface area (Å²) in [5.41, 5.74) is 5.57. The summed E-state index contributed by atoms with van der Waals surface area (Å²) in [6.07, 6.45) is 1.09. The van der Waals surface area contributed by atoms with Crippen LogP contribution in [-0.2, 0) is 17.8 Å². The van der Waals surface area contributed by atoms with E-state index in [4.69, 9.17) is 10.5 Å². The Labute approximate surface area is 95.8 Å². The molecule has 0 saturated heterocycles. The predicted octanol–water partition coefficient (Wildman–Crippen LogP) is 1.68. The molecule has 0 aliphatic rings. The highest BCUT2D eigenvalue weighted by atomic mass is 32.1. The Morgan fingerprint density at radius 1 is 1.40 bits per heavy atom. The molecular formula is C11H20N2OS. The topological polar surface area (TPSA) is 38.5 Å². The fraction of sp³-hybridized carbons (Fsp3) is 0.636. The molecule has 1 aromatic rings. The Morgan fingerprint density at radius 2 is 2.13 bits per heavy atom. The minimum atomic E-state index is 0.651. The Hall–Kier alpha value is -0.420. The molecule has 15 heavy (non-hydrogen) atoms. The van der Waals surface area contributed by atoms with E-state index in [1.54, 1.807) is 18.4 Å². The fourth-order valence-electron chi connectivity index (χ4n) is 1.44. The van der Waals surface area contributed by atoms with Crippen LogP contribution in [0.15, 0.2) is 12.1 Å². The van der Waals surface area contributed by atoms with Gasteiger partial charge in [0, 0.05) is 43.1 Å². The molecule has 0 unspecified atom stereocenters. The van der Waals surface area contributed by atoms with Crippen LogP contribution in [0.2, 0.25) is 0 Å². The second-order valence-electron chi connectivity index (χ2n) is 3.66. The molecule has 4 heteroatoms. The quantitative estimate of drug-likeness (QED) is 0.722. The summed E-state index contributed by atoms with van der Waals surface area (Å²) in [4.78, 5) is 4.95. The summed E-state index contributed by atoms with van der Waals surface area (Å²) in [6, 6.07) is 4.28. The Kier molecular flexibility index (Phi) is 5.86. The second-order valence-corrected chi connectivity index (χ2v) is 4.91. The number of nitrogens with zero attached hydrogens (tertiary/aromatic N) is 1. The van der Waals surface area contributed by atoms with Gasteiger partial charge in [-0.05, 0) is 25.6 Å². The zero-order chi connectivity index (χ0) is 11.1. The van der Waals surface area contributed by atoms with Crippen molar-refractivity contribution in [3.8, 4) is 0 Å². The summed E-state index contributed by atoms with van der Waals surface area (Å²) in [7, 11) is 3.88. The molecule has 0 bridgehead atoms. The highest BCUT2D eigenvalue weighted by molar-refractivity contribution is 7.11. The van der Waals surface area contributed by atoms with Crippen LogP contribution < -0.4 is 5.73 Å². The van der Waals surface area contributed by atoms with Gasteiger partial charge in [-0.1, -0.05) is 0 Å². The maximum Gasteiger partial charge on any atom is 0.0474 e. The Morgan fingerprint density at radius 3 is 2.73 bits per heavy atom. The fourth-order valence-corrected chi connectivity index (χ4v) is 2.42. The molecule has 0 fully saturated rings. The summed E-state index contributed by atoms with van der Waals surface area (Å²) in [5, 5.41) is 0. The highest BCUT2D eigenvalue weighted by Gasteiger charge is 2.02. The number of ether oxygens (including phenoxy) is 1. The molecule has 0 spiro atoms. The molecule has 0 radical (unpaired) electrons. The van der Waals surface area contributed by atoms with Gasteiger partial charge < -0.3 is 15.4 Å². The first kappa shape index (κ1) is 12.6. The standard InChI is InChI=1S/C11H20N2OS/c1-13(6-3-7-14-2)9-11-5-4-10(8-12)15-11/h4-5H,3,6-9,12H2,1-2H3. The highest BCUT2D eigenvalue weighted by Crippen LogP contribution is 2.17. The number of hydrogen-bond donors (Lipinski definition) is 1. The van der Waals surface area contributed by atoms with Gasteiger partial charge in [0.1, 0.15) is 0 Å². The van der Waals surface area contributed by atoms with Crippen molar-refractivity contribution in [1.29, 1.82) is 0 Å². The van der Waals surface area contributed by atoms with Crippen LogP contribution in [0.4, 0.5) is 0 Å². The van der Waals surface area contributed by atoms with Gasteiger partial charge in [0.05, 0.1) is 0 Å². The van der Waals surface area contributed by atoms with E-state index in [2.05, 4.69) is 24.1 Å². The van der Waals surface area contributed by atoms with Gasteiger partial charge in [-0.3, -0.25) is 0 Å². The van der Waals surface area contributed by atoms with Crippen molar-refractivity contribution in [3.63, 3.8) is 0 Å². The van der Waals surface area contributed by atoms with E-state index in [9.17, 15) is 0 Å². The molecule has 2 N–H and O–H groups in total. The predicted molar refractivity (Wildman–Crippen MR) is 65.0 cm³/mol. The third-order valence-electron chi connectivity index (χ3n) is 2.23. The van der Waals surface area contributed by atoms with Crippen molar-refractivity contribution in [2.75, 3.05) is 27.3 Å². The maximum atomic E-state index is 5.57. The summed E-state index contributed by atoms with van der Waals surface area (Å²) in [6.45, 7) is 3.57. The van der Waals surface area contributed by atoms with E-state index >= 15 is 0 Å². The lowest BCUT2D eigenvalue weighted by Crippen LogP contribution is -2.19. The van der Waals surface area contributed by atoms with Crippen LogP contribution in [0, 0.1) is 0 Å². The van der Waals surface area contributed by atoms with E-state index < -0.39 is 0 Å². The minimum Gasteiger partial charge on any atom is -0.385 e. The number of rotatable bonds is 7. The minimum absolute atomic E-state index is 0.651. The third kappa shape index (κ3) is 4.75. The molecular weight excluding hydrogens is 208 g/mol. The molecule has 0 saturated carbocycles. The van der Waals surface area contributed by atoms with Gasteiger partial charge in [0.15, 0.2) is 0 Å².